The highest BCUT2D eigenvalue weighted by atomic mass is 16.5. The highest BCUT2D eigenvalue weighted by Crippen LogP contribution is 2.34. The van der Waals surface area contributed by atoms with E-state index < -0.39 is 0 Å². The van der Waals surface area contributed by atoms with Gasteiger partial charge in [0.2, 0.25) is 0 Å². The van der Waals surface area contributed by atoms with E-state index in [2.05, 4.69) is 6.07 Å². The summed E-state index contributed by atoms with van der Waals surface area (Å²) in [6, 6.07) is 6.02. The second-order valence-corrected chi connectivity index (χ2v) is 3.84. The van der Waals surface area contributed by atoms with Gasteiger partial charge in [0.15, 0.2) is 0 Å². The molecule has 2 rings (SSSR count). The van der Waals surface area contributed by atoms with E-state index in [1.807, 2.05) is 19.1 Å². The van der Waals surface area contributed by atoms with Crippen LogP contribution in [0, 0.1) is 6.92 Å². The highest BCUT2D eigenvalue weighted by Gasteiger charge is 2.29. The molecule has 0 aromatic heterocycles. The monoisotopic (exact) mass is 190 g/mol. The number of hydrogen-bond donors (Lipinski definition) is 0. The minimum absolute atomic E-state index is 0.129. The van der Waals surface area contributed by atoms with Gasteiger partial charge in [0.05, 0.1) is 7.11 Å². The summed E-state index contributed by atoms with van der Waals surface area (Å²) in [5.74, 6) is 1.33. The molecule has 74 valence electrons. The van der Waals surface area contributed by atoms with Crippen LogP contribution in [-0.2, 0) is 4.79 Å². The Kier molecular flexibility index (Phi) is 2.28. The number of hydrogen-bond acceptors (Lipinski definition) is 2. The van der Waals surface area contributed by atoms with Crippen LogP contribution in [-0.4, -0.2) is 12.9 Å². The van der Waals surface area contributed by atoms with Gasteiger partial charge in [-0.2, -0.15) is 0 Å². The number of Topliss-reactive ketones (excluding diaryl/α,β-unsaturated/α-hetero) is 1. The average Bonchev–Trinajstić information content (AvgIpc) is 2.14. The summed E-state index contributed by atoms with van der Waals surface area (Å²) in [5, 5.41) is 0. The van der Waals surface area contributed by atoms with E-state index in [4.69, 9.17) is 4.74 Å². The van der Waals surface area contributed by atoms with Crippen molar-refractivity contribution in [3.8, 4) is 5.75 Å². The molecule has 0 amide bonds. The van der Waals surface area contributed by atoms with Gasteiger partial charge in [-0.25, -0.2) is 0 Å². The van der Waals surface area contributed by atoms with Crippen LogP contribution in [0.2, 0.25) is 0 Å². The Hall–Kier alpha value is -1.31. The molecule has 2 nitrogen and oxygen atoms in total. The lowest BCUT2D eigenvalue weighted by molar-refractivity contribution is -0.125. The molecule has 1 aromatic rings. The second kappa shape index (κ2) is 3.45. The second-order valence-electron chi connectivity index (χ2n) is 3.84. The fourth-order valence-electron chi connectivity index (χ4n) is 1.85. The van der Waals surface area contributed by atoms with Gasteiger partial charge in [-0.3, -0.25) is 4.79 Å². The van der Waals surface area contributed by atoms with E-state index in [1.54, 1.807) is 7.11 Å². The lowest BCUT2D eigenvalue weighted by Crippen LogP contribution is -2.23. The van der Waals surface area contributed by atoms with Crippen molar-refractivity contribution in [3.05, 3.63) is 29.3 Å². The highest BCUT2D eigenvalue weighted by molar-refractivity contribution is 5.91. The number of carbonyl (C=O) groups excluding carboxylic acids is 1. The van der Waals surface area contributed by atoms with Crippen LogP contribution in [0.25, 0.3) is 0 Å². The third-order valence-corrected chi connectivity index (χ3v) is 2.78. The first kappa shape index (κ1) is 9.25. The normalized spacial score (nSPS) is 20.4. The Labute approximate surface area is 83.9 Å². The third kappa shape index (κ3) is 1.52. The van der Waals surface area contributed by atoms with Crippen LogP contribution in [0.3, 0.4) is 0 Å². The molecule has 1 aliphatic rings. The summed E-state index contributed by atoms with van der Waals surface area (Å²) < 4.78 is 5.18. The maximum absolute atomic E-state index is 11.3. The van der Waals surface area contributed by atoms with Gasteiger partial charge in [-0.15, -0.1) is 0 Å². The van der Waals surface area contributed by atoms with Gasteiger partial charge in [0, 0.05) is 12.3 Å². The first-order valence-electron chi connectivity index (χ1n) is 4.89. The predicted octanol–water partition coefficient (Wildman–Crippen LogP) is 2.45. The van der Waals surface area contributed by atoms with Crippen molar-refractivity contribution in [1.82, 2.24) is 0 Å². The van der Waals surface area contributed by atoms with E-state index in [9.17, 15) is 4.79 Å². The van der Waals surface area contributed by atoms with Crippen LogP contribution in [0.5, 0.6) is 5.75 Å². The topological polar surface area (TPSA) is 26.3 Å². The molecule has 0 spiro atoms. The van der Waals surface area contributed by atoms with Crippen LogP contribution >= 0.6 is 0 Å². The van der Waals surface area contributed by atoms with Crippen molar-refractivity contribution in [2.75, 3.05) is 7.11 Å². The molecule has 1 aromatic carbocycles. The molecule has 1 unspecified atom stereocenters. The lowest BCUT2D eigenvalue weighted by atomic mass is 9.78. The van der Waals surface area contributed by atoms with Crippen molar-refractivity contribution in [3.63, 3.8) is 0 Å². The number of methoxy groups -OCH3 is 1. The summed E-state index contributed by atoms with van der Waals surface area (Å²) in [6.45, 7) is 2.02. The van der Waals surface area contributed by atoms with Crippen LogP contribution < -0.4 is 4.74 Å². The summed E-state index contributed by atoms with van der Waals surface area (Å²) in [7, 11) is 1.65. The molecule has 14 heavy (non-hydrogen) atoms. The maximum atomic E-state index is 11.3. The molecule has 0 heterocycles. The molecule has 1 saturated carbocycles. The fourth-order valence-corrected chi connectivity index (χ4v) is 1.85. The van der Waals surface area contributed by atoms with E-state index >= 15 is 0 Å². The standard InChI is InChI=1S/C12H14O2/c1-8-5-9(7-10(6-8)14-2)11-3-4-12(11)13/h5-7,11H,3-4H2,1-2H3. The molecule has 0 aliphatic heterocycles. The SMILES string of the molecule is COc1cc(C)cc(C2CCC2=O)c1. The summed E-state index contributed by atoms with van der Waals surface area (Å²) in [4.78, 5) is 11.3. The predicted molar refractivity (Wildman–Crippen MR) is 54.7 cm³/mol. The van der Waals surface area contributed by atoms with Crippen molar-refractivity contribution < 1.29 is 9.53 Å². The lowest BCUT2D eigenvalue weighted by Gasteiger charge is -2.24. The maximum Gasteiger partial charge on any atom is 0.140 e. The van der Waals surface area contributed by atoms with E-state index in [1.165, 1.54) is 0 Å². The first-order chi connectivity index (χ1) is 6.70. The van der Waals surface area contributed by atoms with Crippen molar-refractivity contribution in [2.24, 2.45) is 0 Å². The fraction of sp³-hybridized carbons (Fsp3) is 0.417. The molecule has 1 fully saturated rings. The molecule has 0 N–H and O–H groups in total. The molecular formula is C12H14O2. The molecule has 0 saturated heterocycles. The molecule has 2 heteroatoms. The largest absolute Gasteiger partial charge is 0.497 e. The zero-order valence-electron chi connectivity index (χ0n) is 8.54. The molecular weight excluding hydrogens is 176 g/mol. The molecule has 1 atom stereocenters. The van der Waals surface area contributed by atoms with Gasteiger partial charge in [0.1, 0.15) is 11.5 Å². The van der Waals surface area contributed by atoms with Crippen molar-refractivity contribution >= 4 is 5.78 Å². The van der Waals surface area contributed by atoms with Gasteiger partial charge in [-0.1, -0.05) is 6.07 Å². The Morgan fingerprint density at radius 1 is 1.36 bits per heavy atom. The minimum Gasteiger partial charge on any atom is -0.497 e. The number of aryl methyl sites for hydroxylation is 1. The number of benzene rings is 1. The van der Waals surface area contributed by atoms with Gasteiger partial charge in [0.25, 0.3) is 0 Å². The van der Waals surface area contributed by atoms with Gasteiger partial charge in [-0.05, 0) is 36.6 Å². The molecule has 0 bridgehead atoms. The Bertz CT molecular complexity index is 369. The molecule has 0 radical (unpaired) electrons. The van der Waals surface area contributed by atoms with E-state index in [0.29, 0.717) is 5.78 Å². The average molecular weight is 190 g/mol. The van der Waals surface area contributed by atoms with E-state index in [0.717, 1.165) is 29.7 Å². The summed E-state index contributed by atoms with van der Waals surface area (Å²) in [6.07, 6.45) is 1.73. The Morgan fingerprint density at radius 3 is 2.64 bits per heavy atom. The number of ether oxygens (including phenoxy) is 1. The Balaban J connectivity index is 2.33. The summed E-state index contributed by atoms with van der Waals surface area (Å²) in [5.41, 5.74) is 2.26. The van der Waals surface area contributed by atoms with Gasteiger partial charge >= 0.3 is 0 Å². The van der Waals surface area contributed by atoms with Gasteiger partial charge < -0.3 is 4.74 Å². The molecule has 1 aliphatic carbocycles. The van der Waals surface area contributed by atoms with Crippen LogP contribution in [0.1, 0.15) is 29.9 Å². The van der Waals surface area contributed by atoms with Crippen molar-refractivity contribution in [1.29, 1.82) is 0 Å². The third-order valence-electron chi connectivity index (χ3n) is 2.78. The zero-order valence-corrected chi connectivity index (χ0v) is 8.54. The first-order valence-corrected chi connectivity index (χ1v) is 4.89. The number of carbonyl (C=O) groups is 1. The smallest absolute Gasteiger partial charge is 0.140 e. The van der Waals surface area contributed by atoms with Crippen LogP contribution in [0.15, 0.2) is 18.2 Å². The number of rotatable bonds is 2. The summed E-state index contributed by atoms with van der Waals surface area (Å²) >= 11 is 0. The minimum atomic E-state index is 0.129. The quantitative estimate of drug-likeness (QED) is 0.716. The van der Waals surface area contributed by atoms with Crippen molar-refractivity contribution in [2.45, 2.75) is 25.7 Å². The van der Waals surface area contributed by atoms with E-state index in [-0.39, 0.29) is 5.92 Å². The zero-order chi connectivity index (χ0) is 10.1. The van der Waals surface area contributed by atoms with Crippen LogP contribution in [0.4, 0.5) is 0 Å². The number of ketones is 1. The Morgan fingerprint density at radius 2 is 2.14 bits per heavy atom.